The summed E-state index contributed by atoms with van der Waals surface area (Å²) >= 11 is 0. The van der Waals surface area contributed by atoms with Crippen LogP contribution in [0, 0.1) is 0 Å². The molecule has 19 heavy (non-hydrogen) atoms. The summed E-state index contributed by atoms with van der Waals surface area (Å²) in [6.07, 6.45) is -7.83. The normalized spacial score (nSPS) is 5.05. The van der Waals surface area contributed by atoms with Crippen molar-refractivity contribution < 1.29 is 79.5 Å². The summed E-state index contributed by atoms with van der Waals surface area (Å²) in [4.78, 5) is 34.0. The molecule has 14 nitrogen and oxygen atoms in total. The van der Waals surface area contributed by atoms with Crippen LogP contribution < -0.4 is 22.5 Å². The van der Waals surface area contributed by atoms with Crippen molar-refractivity contribution in [2.24, 2.45) is 0 Å². The Morgan fingerprint density at radius 3 is 0.579 bits per heavy atom. The van der Waals surface area contributed by atoms with E-state index in [-0.39, 0.29) is 31.8 Å². The van der Waals surface area contributed by atoms with Gasteiger partial charge in [-0.2, -0.15) is 0 Å². The molecule has 0 radical (unpaired) electrons. The third-order valence-corrected chi connectivity index (χ3v) is 0. The van der Waals surface area contributed by atoms with Crippen molar-refractivity contribution in [3.05, 3.63) is 0 Å². The molecule has 0 rings (SSSR count). The minimum atomic E-state index is -2.08. The van der Waals surface area contributed by atoms with Gasteiger partial charge in [0.15, 0.2) is 0 Å². The van der Waals surface area contributed by atoms with Crippen molar-refractivity contribution in [1.82, 2.24) is 12.3 Å². The molecule has 0 bridgehead atoms. The monoisotopic (exact) mass is 344 g/mol. The Morgan fingerprint density at radius 1 is 0.579 bits per heavy atom. The van der Waals surface area contributed by atoms with Gasteiger partial charge in [-0.05, 0) is 0 Å². The molecular formula is C4H12N2O12Zn. The first-order valence-corrected chi connectivity index (χ1v) is 2.57. The molecule has 0 heterocycles. The van der Waals surface area contributed by atoms with Crippen molar-refractivity contribution in [2.75, 3.05) is 0 Å². The van der Waals surface area contributed by atoms with Crippen LogP contribution >= 0.6 is 0 Å². The van der Waals surface area contributed by atoms with Crippen LogP contribution in [0.4, 0.5) is 19.2 Å². The molecule has 12 N–H and O–H groups in total. The van der Waals surface area contributed by atoms with Gasteiger partial charge in [-0.3, -0.25) is 0 Å². The number of carboxylic acid groups (broad SMARTS) is 8. The van der Waals surface area contributed by atoms with Crippen LogP contribution in [0.25, 0.3) is 0 Å². The smallest absolute Gasteiger partial charge is 0.565 e. The third kappa shape index (κ3) is 513. The summed E-state index contributed by atoms with van der Waals surface area (Å²) in [5, 5.41) is 58.5. The molecule has 0 aliphatic carbocycles. The number of hydrogen-bond donors (Lipinski definition) is 8. The standard InChI is InChI=1S/4CH2O3.2H3N.Zn/c4*2-1(3)4;;;/h4*(H2,2,3,4);2*1H3;/q;;;;;;+2/p-2. The van der Waals surface area contributed by atoms with Gasteiger partial charge in [-0.25, -0.2) is 9.59 Å². The van der Waals surface area contributed by atoms with E-state index in [0.717, 1.165) is 0 Å². The minimum absolute atomic E-state index is 0. The molecule has 0 aliphatic rings. The molecule has 0 aromatic carbocycles. The van der Waals surface area contributed by atoms with E-state index in [2.05, 4.69) is 0 Å². The molecule has 0 saturated carbocycles. The summed E-state index contributed by atoms with van der Waals surface area (Å²) in [6.45, 7) is 0. The van der Waals surface area contributed by atoms with Gasteiger partial charge in [-0.15, -0.1) is 0 Å². The molecule has 0 saturated heterocycles. The number of hydrogen-bond acceptors (Lipinski definition) is 8. The van der Waals surface area contributed by atoms with Crippen LogP contribution in [0.5, 0.6) is 0 Å². The molecule has 0 amide bonds. The van der Waals surface area contributed by atoms with E-state index in [1.165, 1.54) is 0 Å². The average Bonchev–Trinajstić information content (AvgIpc) is 1.76. The zero-order chi connectivity index (χ0) is 14.3. The van der Waals surface area contributed by atoms with E-state index in [9.17, 15) is 0 Å². The van der Waals surface area contributed by atoms with E-state index in [4.69, 9.17) is 60.0 Å². The van der Waals surface area contributed by atoms with Gasteiger partial charge in [-0.1, -0.05) is 0 Å². The zero-order valence-corrected chi connectivity index (χ0v) is 12.2. The number of carbonyl (C=O) groups is 4. The van der Waals surface area contributed by atoms with Gasteiger partial charge in [0.2, 0.25) is 12.3 Å². The predicted octanol–water partition coefficient (Wildman–Crippen LogP) is -1.46. The van der Waals surface area contributed by atoms with Gasteiger partial charge in [0.1, 0.15) is 0 Å². The first-order chi connectivity index (χ1) is 6.93. The van der Waals surface area contributed by atoms with Crippen molar-refractivity contribution in [3.63, 3.8) is 0 Å². The maximum absolute atomic E-state index is 8.56. The molecule has 0 aromatic heterocycles. The second-order valence-electron chi connectivity index (χ2n) is 1.10. The van der Waals surface area contributed by atoms with Crippen LogP contribution in [0.2, 0.25) is 0 Å². The molecule has 0 aromatic rings. The summed E-state index contributed by atoms with van der Waals surface area (Å²) in [7, 11) is 0. The van der Waals surface area contributed by atoms with Crippen LogP contribution in [0.1, 0.15) is 0 Å². The third-order valence-electron chi connectivity index (χ3n) is 0. The largest absolute Gasteiger partial charge is 2.00 e. The Hall–Kier alpha value is -2.38. The van der Waals surface area contributed by atoms with Crippen LogP contribution in [0.3, 0.4) is 0 Å². The van der Waals surface area contributed by atoms with Gasteiger partial charge in [0, 0.05) is 0 Å². The van der Waals surface area contributed by atoms with Crippen LogP contribution in [0.15, 0.2) is 0 Å². The fourth-order valence-corrected chi connectivity index (χ4v) is 0. The second kappa shape index (κ2) is 36.1. The maximum atomic E-state index is 8.56. The summed E-state index contributed by atoms with van der Waals surface area (Å²) in [6, 6.07) is 0. The Bertz CT molecular complexity index is 168. The van der Waals surface area contributed by atoms with Crippen LogP contribution in [-0.4, -0.2) is 55.3 Å². The Kier molecular flexibility index (Phi) is 83.2. The van der Waals surface area contributed by atoms with Gasteiger partial charge >= 0.3 is 31.8 Å². The molecule has 0 fully saturated rings. The molecule has 112 valence electrons. The van der Waals surface area contributed by atoms with Crippen molar-refractivity contribution in [2.45, 2.75) is 0 Å². The van der Waals surface area contributed by atoms with E-state index in [1.54, 1.807) is 0 Å². The number of rotatable bonds is 0. The van der Waals surface area contributed by atoms with Crippen molar-refractivity contribution in [3.8, 4) is 0 Å². The summed E-state index contributed by atoms with van der Waals surface area (Å²) in [5.74, 6) is 0. The molecule has 0 spiro atoms. The first kappa shape index (κ1) is 43.8. The Labute approximate surface area is 117 Å². The Morgan fingerprint density at radius 2 is 0.579 bits per heavy atom. The molecule has 0 unspecified atom stereocenters. The van der Waals surface area contributed by atoms with Crippen molar-refractivity contribution in [1.29, 1.82) is 0 Å². The molecule has 0 atom stereocenters. The van der Waals surface area contributed by atoms with E-state index >= 15 is 0 Å². The second-order valence-corrected chi connectivity index (χ2v) is 1.10. The fourth-order valence-electron chi connectivity index (χ4n) is 0. The molecule has 0 aliphatic heterocycles. The van der Waals surface area contributed by atoms with Gasteiger partial charge in [0.05, 0.1) is 0 Å². The first-order valence-electron chi connectivity index (χ1n) is 2.57. The molecule has 15 heteroatoms. The van der Waals surface area contributed by atoms with Gasteiger partial charge in [0.25, 0.3) is 0 Å². The van der Waals surface area contributed by atoms with Crippen molar-refractivity contribution >= 4 is 24.6 Å². The summed E-state index contributed by atoms with van der Waals surface area (Å²) in [5.41, 5.74) is 0. The minimum Gasteiger partial charge on any atom is -0.565 e. The van der Waals surface area contributed by atoms with E-state index in [1.807, 2.05) is 0 Å². The fraction of sp³-hybridized carbons (Fsp3) is 0. The van der Waals surface area contributed by atoms with Gasteiger partial charge < -0.3 is 62.7 Å². The quantitative estimate of drug-likeness (QED) is 0.232. The molecular weight excluding hydrogens is 333 g/mol. The maximum Gasteiger partial charge on any atom is 2.00 e. The Balaban J connectivity index is -0.0000000192. The SMILES string of the molecule is N.N.O=C(O)O.O=C(O)O.O=C([O-])O.O=C([O-])O.[Zn+2]. The predicted molar refractivity (Wildman–Crippen MR) is 47.4 cm³/mol. The van der Waals surface area contributed by atoms with E-state index in [0.29, 0.717) is 0 Å². The topological polar surface area (TPSA) is 306 Å². The summed E-state index contributed by atoms with van der Waals surface area (Å²) < 4.78 is 0. The average molecular weight is 346 g/mol. The zero-order valence-electron chi connectivity index (χ0n) is 9.25. The van der Waals surface area contributed by atoms with Crippen LogP contribution in [-0.2, 0) is 19.5 Å². The van der Waals surface area contributed by atoms with E-state index < -0.39 is 24.6 Å².